The van der Waals surface area contributed by atoms with E-state index in [0.717, 1.165) is 12.2 Å². The number of amides is 2. The van der Waals surface area contributed by atoms with E-state index >= 15 is 0 Å². The van der Waals surface area contributed by atoms with Crippen LogP contribution in [0.5, 0.6) is 5.75 Å². The number of hydrogen-bond donors (Lipinski definition) is 3. The number of carboxylic acids is 1. The first-order valence-electron chi connectivity index (χ1n) is 7.85. The minimum Gasteiger partial charge on any atom is -0.494 e. The van der Waals surface area contributed by atoms with Gasteiger partial charge in [0.25, 0.3) is 5.91 Å². The van der Waals surface area contributed by atoms with Gasteiger partial charge in [-0.15, -0.1) is 0 Å². The van der Waals surface area contributed by atoms with Crippen LogP contribution in [0.25, 0.3) is 0 Å². The van der Waals surface area contributed by atoms with Gasteiger partial charge in [0.2, 0.25) is 5.91 Å². The molecule has 3 N–H and O–H groups in total. The highest BCUT2D eigenvalue weighted by Gasteiger charge is 2.12. The Hall–Kier alpha value is -3.61. The zero-order chi connectivity index (χ0) is 18.9. The fourth-order valence-corrected chi connectivity index (χ4v) is 2.11. The summed E-state index contributed by atoms with van der Waals surface area (Å²) >= 11 is 0. The number of carbonyl (C=O) groups excluding carboxylic acids is 2. The lowest BCUT2D eigenvalue weighted by molar-refractivity contribution is -0.131. The van der Waals surface area contributed by atoms with Crippen molar-refractivity contribution in [2.24, 2.45) is 0 Å². The Morgan fingerprint density at radius 2 is 1.69 bits per heavy atom. The molecule has 0 unspecified atom stereocenters. The number of benzene rings is 2. The van der Waals surface area contributed by atoms with Crippen molar-refractivity contribution >= 4 is 29.2 Å². The van der Waals surface area contributed by atoms with Crippen LogP contribution >= 0.6 is 0 Å². The predicted octanol–water partition coefficient (Wildman–Crippen LogP) is 2.92. The number of rotatable bonds is 7. The highest BCUT2D eigenvalue weighted by molar-refractivity contribution is 6.11. The Bertz CT molecular complexity index is 828. The van der Waals surface area contributed by atoms with Gasteiger partial charge < -0.3 is 20.5 Å². The largest absolute Gasteiger partial charge is 0.494 e. The molecule has 7 heteroatoms. The van der Waals surface area contributed by atoms with Crippen LogP contribution < -0.4 is 15.4 Å². The van der Waals surface area contributed by atoms with E-state index in [1.807, 2.05) is 6.92 Å². The third-order valence-electron chi connectivity index (χ3n) is 3.23. The molecule has 2 aromatic carbocycles. The molecule has 0 saturated carbocycles. The first-order valence-corrected chi connectivity index (χ1v) is 7.85. The molecule has 0 bridgehead atoms. The van der Waals surface area contributed by atoms with Crippen LogP contribution in [0, 0.1) is 0 Å². The quantitative estimate of drug-likeness (QED) is 0.663. The van der Waals surface area contributed by atoms with Crippen molar-refractivity contribution in [1.82, 2.24) is 0 Å². The second-order valence-electron chi connectivity index (χ2n) is 5.12. The number of hydrogen-bond acceptors (Lipinski definition) is 4. The molecule has 134 valence electrons. The zero-order valence-corrected chi connectivity index (χ0v) is 14.1. The highest BCUT2D eigenvalue weighted by atomic mass is 16.5. The van der Waals surface area contributed by atoms with Crippen LogP contribution in [-0.2, 0) is 9.59 Å². The molecule has 7 nitrogen and oxygen atoms in total. The number of anilines is 2. The van der Waals surface area contributed by atoms with Crippen molar-refractivity contribution in [1.29, 1.82) is 0 Å². The molecule has 0 aliphatic carbocycles. The molecule has 0 heterocycles. The van der Waals surface area contributed by atoms with E-state index < -0.39 is 17.8 Å². The van der Waals surface area contributed by atoms with Crippen molar-refractivity contribution < 1.29 is 24.2 Å². The third-order valence-corrected chi connectivity index (χ3v) is 3.23. The summed E-state index contributed by atoms with van der Waals surface area (Å²) in [5.41, 5.74) is 1.10. The Labute approximate surface area is 150 Å². The maximum Gasteiger partial charge on any atom is 0.328 e. The summed E-state index contributed by atoms with van der Waals surface area (Å²) in [6, 6.07) is 13.3. The molecule has 0 radical (unpaired) electrons. The van der Waals surface area contributed by atoms with Crippen molar-refractivity contribution in [3.05, 3.63) is 66.2 Å². The molecule has 0 aromatic heterocycles. The van der Waals surface area contributed by atoms with Crippen LogP contribution in [0.4, 0.5) is 11.4 Å². The van der Waals surface area contributed by atoms with E-state index in [-0.39, 0.29) is 11.3 Å². The Morgan fingerprint density at radius 1 is 1.00 bits per heavy atom. The number of aliphatic carboxylic acids is 1. The van der Waals surface area contributed by atoms with Gasteiger partial charge in [-0.3, -0.25) is 9.59 Å². The molecule has 0 aliphatic heterocycles. The minimum absolute atomic E-state index is 0.249. The van der Waals surface area contributed by atoms with E-state index in [4.69, 9.17) is 9.84 Å². The standard InChI is InChI=1S/C19H18N2O5/c1-2-26-14-9-7-13(8-10-14)20-19(25)15-5-3-4-6-16(15)21-17(22)11-12-18(23)24/h3-12H,2H2,1H3,(H,20,25)(H,21,22)(H,23,24)/b12-11+. The van der Waals surface area contributed by atoms with Gasteiger partial charge in [-0.05, 0) is 43.3 Å². The van der Waals surface area contributed by atoms with Crippen LogP contribution in [0.15, 0.2) is 60.7 Å². The fourth-order valence-electron chi connectivity index (χ4n) is 2.11. The van der Waals surface area contributed by atoms with E-state index in [0.29, 0.717) is 18.0 Å². The van der Waals surface area contributed by atoms with Gasteiger partial charge in [-0.25, -0.2) is 4.79 Å². The van der Waals surface area contributed by atoms with E-state index in [1.54, 1.807) is 48.5 Å². The lowest BCUT2D eigenvalue weighted by atomic mass is 10.1. The first-order chi connectivity index (χ1) is 12.5. The van der Waals surface area contributed by atoms with Gasteiger partial charge in [-0.2, -0.15) is 0 Å². The molecular weight excluding hydrogens is 336 g/mol. The normalized spacial score (nSPS) is 10.3. The predicted molar refractivity (Wildman–Crippen MR) is 97.4 cm³/mol. The van der Waals surface area contributed by atoms with Gasteiger partial charge in [0, 0.05) is 17.8 Å². The molecule has 2 aromatic rings. The summed E-state index contributed by atoms with van der Waals surface area (Å²) in [5, 5.41) is 13.8. The average Bonchev–Trinajstić information content (AvgIpc) is 2.62. The molecule has 0 spiro atoms. The number of ether oxygens (including phenoxy) is 1. The molecule has 0 aliphatic rings. The van der Waals surface area contributed by atoms with Gasteiger partial charge in [0.05, 0.1) is 17.9 Å². The SMILES string of the molecule is CCOc1ccc(NC(=O)c2ccccc2NC(=O)/C=C/C(=O)O)cc1. The van der Waals surface area contributed by atoms with Crippen molar-refractivity contribution in [2.75, 3.05) is 17.2 Å². The number of carbonyl (C=O) groups is 3. The number of para-hydroxylation sites is 1. The van der Waals surface area contributed by atoms with Crippen molar-refractivity contribution in [3.8, 4) is 5.75 Å². The minimum atomic E-state index is -1.23. The lowest BCUT2D eigenvalue weighted by Gasteiger charge is -2.11. The molecule has 26 heavy (non-hydrogen) atoms. The second-order valence-corrected chi connectivity index (χ2v) is 5.12. The van der Waals surface area contributed by atoms with E-state index in [2.05, 4.69) is 10.6 Å². The summed E-state index contributed by atoms with van der Waals surface area (Å²) < 4.78 is 5.34. The summed E-state index contributed by atoms with van der Waals surface area (Å²) in [6.45, 7) is 2.43. The van der Waals surface area contributed by atoms with Crippen LogP contribution in [0.2, 0.25) is 0 Å². The maximum atomic E-state index is 12.5. The highest BCUT2D eigenvalue weighted by Crippen LogP contribution is 2.19. The fraction of sp³-hybridized carbons (Fsp3) is 0.105. The molecule has 2 amide bonds. The Balaban J connectivity index is 2.11. The molecular formula is C19H18N2O5. The van der Waals surface area contributed by atoms with E-state index in [1.165, 1.54) is 0 Å². The molecule has 0 atom stereocenters. The monoisotopic (exact) mass is 354 g/mol. The summed E-state index contributed by atoms with van der Waals surface area (Å²) in [5.74, 6) is -1.59. The van der Waals surface area contributed by atoms with Gasteiger partial charge in [0.15, 0.2) is 0 Å². The molecule has 0 fully saturated rings. The van der Waals surface area contributed by atoms with Gasteiger partial charge in [-0.1, -0.05) is 12.1 Å². The molecule has 0 saturated heterocycles. The van der Waals surface area contributed by atoms with Crippen LogP contribution in [0.1, 0.15) is 17.3 Å². The first kappa shape index (κ1) is 18.7. The zero-order valence-electron chi connectivity index (χ0n) is 14.1. The van der Waals surface area contributed by atoms with Crippen LogP contribution in [0.3, 0.4) is 0 Å². The average molecular weight is 354 g/mol. The smallest absolute Gasteiger partial charge is 0.328 e. The van der Waals surface area contributed by atoms with Crippen molar-refractivity contribution in [2.45, 2.75) is 6.92 Å². The Morgan fingerprint density at radius 3 is 2.35 bits per heavy atom. The molecule has 2 rings (SSSR count). The second kappa shape index (κ2) is 9.03. The lowest BCUT2D eigenvalue weighted by Crippen LogP contribution is -2.17. The summed E-state index contributed by atoms with van der Waals surface area (Å²) in [4.78, 5) is 34.7. The van der Waals surface area contributed by atoms with Crippen molar-refractivity contribution in [3.63, 3.8) is 0 Å². The van der Waals surface area contributed by atoms with Crippen LogP contribution in [-0.4, -0.2) is 29.5 Å². The number of nitrogens with one attached hydrogen (secondary N) is 2. The topological polar surface area (TPSA) is 105 Å². The van der Waals surface area contributed by atoms with Gasteiger partial charge >= 0.3 is 5.97 Å². The number of carboxylic acid groups (broad SMARTS) is 1. The van der Waals surface area contributed by atoms with Gasteiger partial charge in [0.1, 0.15) is 5.75 Å². The summed E-state index contributed by atoms with van der Waals surface area (Å²) in [6.07, 6.45) is 1.60. The van der Waals surface area contributed by atoms with E-state index in [9.17, 15) is 14.4 Å². The maximum absolute atomic E-state index is 12.5. The third kappa shape index (κ3) is 5.48. The Kier molecular flexibility index (Phi) is 6.50. The summed E-state index contributed by atoms with van der Waals surface area (Å²) in [7, 11) is 0.